The van der Waals surface area contributed by atoms with Gasteiger partial charge in [-0.05, 0) is 31.4 Å². The van der Waals surface area contributed by atoms with Crippen LogP contribution in [0.3, 0.4) is 0 Å². The lowest BCUT2D eigenvalue weighted by atomic mass is 10.1. The van der Waals surface area contributed by atoms with Gasteiger partial charge in [-0.1, -0.05) is 25.1 Å². The number of carbonyl (C=O) groups is 1. The summed E-state index contributed by atoms with van der Waals surface area (Å²) in [5, 5.41) is 0. The third-order valence-electron chi connectivity index (χ3n) is 2.57. The summed E-state index contributed by atoms with van der Waals surface area (Å²) in [6, 6.07) is 6.04. The normalized spacial score (nSPS) is 10.2. The van der Waals surface area contributed by atoms with E-state index in [2.05, 4.69) is 6.92 Å². The maximum absolute atomic E-state index is 11.8. The summed E-state index contributed by atoms with van der Waals surface area (Å²) in [5.74, 6) is 0.00856. The fourth-order valence-electron chi connectivity index (χ4n) is 1.89. The first-order valence-electron chi connectivity index (χ1n) is 5.54. The van der Waals surface area contributed by atoms with Crippen LogP contribution in [0.5, 0.6) is 0 Å². The number of nitrogens with zero attached hydrogens (tertiary/aromatic N) is 1. The van der Waals surface area contributed by atoms with E-state index < -0.39 is 0 Å². The van der Waals surface area contributed by atoms with Crippen LogP contribution in [0.2, 0.25) is 0 Å². The summed E-state index contributed by atoms with van der Waals surface area (Å²) >= 11 is 5.65. The van der Waals surface area contributed by atoms with E-state index in [0.717, 1.165) is 29.8 Å². The van der Waals surface area contributed by atoms with Crippen molar-refractivity contribution < 1.29 is 4.79 Å². The number of carbonyl (C=O) groups excluding carboxylic acids is 1. The van der Waals surface area contributed by atoms with Gasteiger partial charge in [0.1, 0.15) is 5.88 Å². The Balaban J connectivity index is 3.15. The zero-order valence-corrected chi connectivity index (χ0v) is 10.8. The monoisotopic (exact) mass is 239 g/mol. The van der Waals surface area contributed by atoms with Crippen LogP contribution in [0.4, 0.5) is 5.69 Å². The van der Waals surface area contributed by atoms with Crippen molar-refractivity contribution in [3.63, 3.8) is 0 Å². The highest BCUT2D eigenvalue weighted by Gasteiger charge is 2.17. The largest absolute Gasteiger partial charge is 0.311 e. The molecular formula is C13H18ClNO. The molecule has 0 unspecified atom stereocenters. The summed E-state index contributed by atoms with van der Waals surface area (Å²) in [6.07, 6.45) is 0.927. The predicted octanol–water partition coefficient (Wildman–Crippen LogP) is 3.29. The number of hydrogen-bond acceptors (Lipinski definition) is 1. The Morgan fingerprint density at radius 1 is 1.31 bits per heavy atom. The molecule has 2 nitrogen and oxygen atoms in total. The lowest BCUT2D eigenvalue weighted by Gasteiger charge is -2.25. The first kappa shape index (κ1) is 13.0. The number of rotatable bonds is 4. The van der Waals surface area contributed by atoms with Gasteiger partial charge in [0.05, 0.1) is 0 Å². The van der Waals surface area contributed by atoms with Gasteiger partial charge in [-0.3, -0.25) is 4.79 Å². The van der Waals surface area contributed by atoms with Gasteiger partial charge in [-0.15, -0.1) is 11.6 Å². The molecule has 0 radical (unpaired) electrons. The van der Waals surface area contributed by atoms with Gasteiger partial charge in [0.25, 0.3) is 0 Å². The Morgan fingerprint density at radius 2 is 1.88 bits per heavy atom. The summed E-state index contributed by atoms with van der Waals surface area (Å²) in [7, 11) is 0. The van der Waals surface area contributed by atoms with E-state index in [1.807, 2.05) is 32.0 Å². The van der Waals surface area contributed by atoms with Gasteiger partial charge in [0.15, 0.2) is 0 Å². The van der Waals surface area contributed by atoms with Crippen molar-refractivity contribution >= 4 is 23.2 Å². The van der Waals surface area contributed by atoms with Crippen LogP contribution in [0.25, 0.3) is 0 Å². The molecule has 0 atom stereocenters. The lowest BCUT2D eigenvalue weighted by Crippen LogP contribution is -2.33. The highest BCUT2D eigenvalue weighted by molar-refractivity contribution is 6.29. The maximum atomic E-state index is 11.8. The molecule has 1 rings (SSSR count). The lowest BCUT2D eigenvalue weighted by molar-refractivity contribution is -0.116. The molecule has 0 aromatic heterocycles. The number of hydrogen-bond donors (Lipinski definition) is 0. The molecule has 0 aliphatic carbocycles. The minimum Gasteiger partial charge on any atom is -0.311 e. The van der Waals surface area contributed by atoms with Crippen LogP contribution in [0.1, 0.15) is 24.5 Å². The zero-order chi connectivity index (χ0) is 12.1. The van der Waals surface area contributed by atoms with Crippen LogP contribution in [-0.4, -0.2) is 18.3 Å². The predicted molar refractivity (Wildman–Crippen MR) is 69.3 cm³/mol. The Kier molecular flexibility index (Phi) is 4.81. The van der Waals surface area contributed by atoms with E-state index in [9.17, 15) is 4.79 Å². The standard InChI is InChI=1S/C13H18ClNO/c1-4-8-15(12(16)9-14)13-10(2)6-5-7-11(13)3/h5-7H,4,8-9H2,1-3H3. The fraction of sp³-hybridized carbons (Fsp3) is 0.462. The Bertz CT molecular complexity index is 356. The highest BCUT2D eigenvalue weighted by Crippen LogP contribution is 2.25. The topological polar surface area (TPSA) is 20.3 Å². The van der Waals surface area contributed by atoms with E-state index >= 15 is 0 Å². The minimum atomic E-state index is -0.0269. The Morgan fingerprint density at radius 3 is 2.31 bits per heavy atom. The number of benzene rings is 1. The third kappa shape index (κ3) is 2.76. The Labute approximate surface area is 102 Å². The molecule has 1 amide bonds. The third-order valence-corrected chi connectivity index (χ3v) is 2.80. The van der Waals surface area contributed by atoms with E-state index in [1.165, 1.54) is 0 Å². The van der Waals surface area contributed by atoms with Crippen LogP contribution in [-0.2, 0) is 4.79 Å². The van der Waals surface area contributed by atoms with Crippen LogP contribution in [0.15, 0.2) is 18.2 Å². The summed E-state index contributed by atoms with van der Waals surface area (Å²) in [4.78, 5) is 13.6. The van der Waals surface area contributed by atoms with Crippen molar-refractivity contribution in [2.24, 2.45) is 0 Å². The second-order valence-corrected chi connectivity index (χ2v) is 4.19. The molecule has 0 saturated heterocycles. The van der Waals surface area contributed by atoms with Crippen LogP contribution < -0.4 is 4.90 Å². The molecule has 88 valence electrons. The molecule has 0 aliphatic heterocycles. The molecule has 0 heterocycles. The molecule has 1 aromatic carbocycles. The summed E-state index contributed by atoms with van der Waals surface area (Å²) in [6.45, 7) is 6.82. The molecule has 0 saturated carbocycles. The molecule has 0 bridgehead atoms. The molecule has 16 heavy (non-hydrogen) atoms. The first-order valence-corrected chi connectivity index (χ1v) is 6.07. The number of alkyl halides is 1. The quantitative estimate of drug-likeness (QED) is 0.739. The second kappa shape index (κ2) is 5.90. The van der Waals surface area contributed by atoms with E-state index in [4.69, 9.17) is 11.6 Å². The Hall–Kier alpha value is -1.02. The van der Waals surface area contributed by atoms with Crippen molar-refractivity contribution in [3.8, 4) is 0 Å². The summed E-state index contributed by atoms with van der Waals surface area (Å²) < 4.78 is 0. The highest BCUT2D eigenvalue weighted by atomic mass is 35.5. The van der Waals surface area contributed by atoms with Crippen molar-refractivity contribution in [2.45, 2.75) is 27.2 Å². The average Bonchev–Trinajstić information content (AvgIpc) is 2.26. The van der Waals surface area contributed by atoms with Crippen molar-refractivity contribution in [1.29, 1.82) is 0 Å². The number of halogens is 1. The van der Waals surface area contributed by atoms with Gasteiger partial charge < -0.3 is 4.90 Å². The molecule has 1 aromatic rings. The number of amides is 1. The van der Waals surface area contributed by atoms with Crippen molar-refractivity contribution in [3.05, 3.63) is 29.3 Å². The van der Waals surface area contributed by atoms with E-state index in [1.54, 1.807) is 4.90 Å². The van der Waals surface area contributed by atoms with Crippen molar-refractivity contribution in [2.75, 3.05) is 17.3 Å². The summed E-state index contributed by atoms with van der Waals surface area (Å²) in [5.41, 5.74) is 3.24. The average molecular weight is 240 g/mol. The SMILES string of the molecule is CCCN(C(=O)CCl)c1c(C)cccc1C. The molecule has 0 fully saturated rings. The number of aryl methyl sites for hydroxylation is 2. The van der Waals surface area contributed by atoms with Gasteiger partial charge in [0, 0.05) is 12.2 Å². The first-order chi connectivity index (χ1) is 7.61. The number of anilines is 1. The smallest absolute Gasteiger partial charge is 0.241 e. The van der Waals surface area contributed by atoms with Gasteiger partial charge in [-0.2, -0.15) is 0 Å². The molecule has 3 heteroatoms. The van der Waals surface area contributed by atoms with Crippen LogP contribution >= 0.6 is 11.6 Å². The molecule has 0 spiro atoms. The van der Waals surface area contributed by atoms with Crippen LogP contribution in [0, 0.1) is 13.8 Å². The number of para-hydroxylation sites is 1. The van der Waals surface area contributed by atoms with Crippen molar-refractivity contribution in [1.82, 2.24) is 0 Å². The van der Waals surface area contributed by atoms with E-state index in [0.29, 0.717) is 0 Å². The molecule has 0 aliphatic rings. The van der Waals surface area contributed by atoms with Gasteiger partial charge in [0.2, 0.25) is 5.91 Å². The van der Waals surface area contributed by atoms with Gasteiger partial charge >= 0.3 is 0 Å². The second-order valence-electron chi connectivity index (χ2n) is 3.92. The zero-order valence-electron chi connectivity index (χ0n) is 10.1. The maximum Gasteiger partial charge on any atom is 0.241 e. The van der Waals surface area contributed by atoms with Gasteiger partial charge in [-0.25, -0.2) is 0 Å². The fourth-order valence-corrected chi connectivity index (χ4v) is 2.03. The van der Waals surface area contributed by atoms with E-state index in [-0.39, 0.29) is 11.8 Å². The minimum absolute atomic E-state index is 0.0269. The molecule has 0 N–H and O–H groups in total. The molecular weight excluding hydrogens is 222 g/mol.